The number of aliphatic hydroxyl groups is 2. The van der Waals surface area contributed by atoms with Gasteiger partial charge in [-0.25, -0.2) is 0 Å². The van der Waals surface area contributed by atoms with Gasteiger partial charge in [0.1, 0.15) is 0 Å². The Morgan fingerprint density at radius 3 is 2.44 bits per heavy atom. The topological polar surface area (TPSA) is 52.5 Å². The maximum Gasteiger partial charge on any atom is 0.0931 e. The summed E-state index contributed by atoms with van der Waals surface area (Å²) in [5.41, 5.74) is -0.615. The van der Waals surface area contributed by atoms with E-state index in [9.17, 15) is 10.2 Å². The van der Waals surface area contributed by atoms with Crippen LogP contribution >= 0.6 is 22.9 Å². The minimum absolute atomic E-state index is 0.0664. The van der Waals surface area contributed by atoms with Crippen LogP contribution in [0.3, 0.4) is 0 Å². The van der Waals surface area contributed by atoms with Gasteiger partial charge in [0.25, 0.3) is 0 Å². The molecule has 92 valence electrons. The highest BCUT2D eigenvalue weighted by atomic mass is 35.5. The average molecular weight is 264 g/mol. The first-order valence-corrected chi connectivity index (χ1v) is 6.51. The van der Waals surface area contributed by atoms with Gasteiger partial charge in [0.05, 0.1) is 23.1 Å². The highest BCUT2D eigenvalue weighted by Crippen LogP contribution is 2.28. The molecule has 1 unspecified atom stereocenters. The second kappa shape index (κ2) is 5.98. The van der Waals surface area contributed by atoms with Crippen molar-refractivity contribution in [3.05, 3.63) is 21.3 Å². The third-order valence-corrected chi connectivity index (χ3v) is 4.24. The number of nitrogens with one attached hydrogen (secondary N) is 1. The minimum Gasteiger partial charge on any atom is -0.394 e. The fourth-order valence-electron chi connectivity index (χ4n) is 1.56. The van der Waals surface area contributed by atoms with E-state index >= 15 is 0 Å². The Hall–Kier alpha value is -0.130. The summed E-state index contributed by atoms with van der Waals surface area (Å²) in [5.74, 6) is 0. The van der Waals surface area contributed by atoms with E-state index in [4.69, 9.17) is 11.6 Å². The molecule has 0 amide bonds. The van der Waals surface area contributed by atoms with Crippen LogP contribution in [0.2, 0.25) is 4.34 Å². The van der Waals surface area contributed by atoms with Crippen molar-refractivity contribution in [3.8, 4) is 0 Å². The smallest absolute Gasteiger partial charge is 0.0931 e. The first-order valence-electron chi connectivity index (χ1n) is 5.31. The van der Waals surface area contributed by atoms with Crippen molar-refractivity contribution in [1.29, 1.82) is 0 Å². The standard InChI is InChI=1S/C11H18ClNO2S/c1-3-11(6-14,7-15)13-8(2)9-4-5-10(12)16-9/h4-5,8,13-15H,3,6-7H2,1-2H3. The van der Waals surface area contributed by atoms with Crippen LogP contribution in [0.25, 0.3) is 0 Å². The number of hydrogen-bond donors (Lipinski definition) is 3. The van der Waals surface area contributed by atoms with Gasteiger partial charge in [0, 0.05) is 10.9 Å². The zero-order chi connectivity index (χ0) is 12.2. The van der Waals surface area contributed by atoms with Crippen LogP contribution in [0.4, 0.5) is 0 Å². The third kappa shape index (κ3) is 3.18. The van der Waals surface area contributed by atoms with Crippen LogP contribution in [-0.4, -0.2) is 29.0 Å². The van der Waals surface area contributed by atoms with E-state index in [1.807, 2.05) is 26.0 Å². The van der Waals surface area contributed by atoms with Crippen molar-refractivity contribution in [2.24, 2.45) is 0 Å². The Morgan fingerprint density at radius 1 is 1.44 bits per heavy atom. The molecule has 0 aliphatic carbocycles. The number of rotatable bonds is 6. The number of halogens is 1. The number of hydrogen-bond acceptors (Lipinski definition) is 4. The Kier molecular flexibility index (Phi) is 5.21. The highest BCUT2D eigenvalue weighted by Gasteiger charge is 2.28. The van der Waals surface area contributed by atoms with Crippen LogP contribution in [0.1, 0.15) is 31.2 Å². The van der Waals surface area contributed by atoms with Crippen molar-refractivity contribution in [3.63, 3.8) is 0 Å². The molecule has 1 aromatic heterocycles. The largest absolute Gasteiger partial charge is 0.394 e. The van der Waals surface area contributed by atoms with Crippen molar-refractivity contribution in [2.45, 2.75) is 31.8 Å². The lowest BCUT2D eigenvalue weighted by Crippen LogP contribution is -2.51. The van der Waals surface area contributed by atoms with E-state index in [0.29, 0.717) is 6.42 Å². The summed E-state index contributed by atoms with van der Waals surface area (Å²) >= 11 is 7.38. The zero-order valence-electron chi connectivity index (χ0n) is 9.53. The van der Waals surface area contributed by atoms with Gasteiger partial charge in [0.15, 0.2) is 0 Å². The lowest BCUT2D eigenvalue weighted by atomic mass is 9.97. The van der Waals surface area contributed by atoms with Crippen molar-refractivity contribution in [1.82, 2.24) is 5.32 Å². The van der Waals surface area contributed by atoms with Crippen LogP contribution < -0.4 is 5.32 Å². The SMILES string of the molecule is CCC(CO)(CO)NC(C)c1ccc(Cl)s1. The van der Waals surface area contributed by atoms with Crippen LogP contribution in [0.5, 0.6) is 0 Å². The van der Waals surface area contributed by atoms with Gasteiger partial charge in [-0.3, -0.25) is 5.32 Å². The second-order valence-corrected chi connectivity index (χ2v) is 5.70. The molecule has 1 rings (SSSR count). The molecule has 0 radical (unpaired) electrons. The first-order chi connectivity index (χ1) is 7.56. The van der Waals surface area contributed by atoms with Gasteiger partial charge in [-0.05, 0) is 25.5 Å². The number of thiophene rings is 1. The van der Waals surface area contributed by atoms with E-state index in [-0.39, 0.29) is 19.3 Å². The Morgan fingerprint density at radius 2 is 2.06 bits per heavy atom. The lowest BCUT2D eigenvalue weighted by molar-refractivity contribution is 0.0796. The molecular formula is C11H18ClNO2S. The molecule has 5 heteroatoms. The first kappa shape index (κ1) is 13.9. The fraction of sp³-hybridized carbons (Fsp3) is 0.636. The van der Waals surface area contributed by atoms with Gasteiger partial charge in [-0.2, -0.15) is 0 Å². The predicted molar refractivity (Wildman–Crippen MR) is 68.1 cm³/mol. The summed E-state index contributed by atoms with van der Waals surface area (Å²) in [6.45, 7) is 3.78. The zero-order valence-corrected chi connectivity index (χ0v) is 11.1. The molecule has 0 aliphatic rings. The maximum atomic E-state index is 9.33. The quantitative estimate of drug-likeness (QED) is 0.738. The van der Waals surface area contributed by atoms with Crippen molar-refractivity contribution >= 4 is 22.9 Å². The summed E-state index contributed by atoms with van der Waals surface area (Å²) in [5, 5.41) is 21.9. The summed E-state index contributed by atoms with van der Waals surface area (Å²) < 4.78 is 0.749. The van der Waals surface area contributed by atoms with Crippen molar-refractivity contribution < 1.29 is 10.2 Å². The van der Waals surface area contributed by atoms with Crippen molar-refractivity contribution in [2.75, 3.05) is 13.2 Å². The second-order valence-electron chi connectivity index (χ2n) is 3.96. The monoisotopic (exact) mass is 263 g/mol. The molecule has 1 heterocycles. The van der Waals surface area contributed by atoms with E-state index < -0.39 is 5.54 Å². The van der Waals surface area contributed by atoms with Gasteiger partial charge < -0.3 is 10.2 Å². The van der Waals surface area contributed by atoms with Crippen LogP contribution in [0.15, 0.2) is 12.1 Å². The molecule has 3 N–H and O–H groups in total. The molecule has 1 aromatic rings. The maximum absolute atomic E-state index is 9.33. The fourth-order valence-corrected chi connectivity index (χ4v) is 2.62. The average Bonchev–Trinajstić information content (AvgIpc) is 2.73. The highest BCUT2D eigenvalue weighted by molar-refractivity contribution is 7.16. The van der Waals surface area contributed by atoms with Crippen LogP contribution in [0, 0.1) is 0 Å². The normalized spacial score (nSPS) is 14.1. The summed E-state index contributed by atoms with van der Waals surface area (Å²) in [4.78, 5) is 1.10. The molecule has 0 spiro atoms. The lowest BCUT2D eigenvalue weighted by Gasteiger charge is -2.33. The molecule has 0 saturated carbocycles. The molecule has 3 nitrogen and oxygen atoms in total. The van der Waals surface area contributed by atoms with Gasteiger partial charge in [-0.15, -0.1) is 11.3 Å². The van der Waals surface area contributed by atoms with Crippen LogP contribution in [-0.2, 0) is 0 Å². The molecule has 0 aliphatic heterocycles. The Bertz CT molecular complexity index is 317. The van der Waals surface area contributed by atoms with Gasteiger partial charge in [-0.1, -0.05) is 18.5 Å². The third-order valence-electron chi connectivity index (χ3n) is 2.83. The molecule has 16 heavy (non-hydrogen) atoms. The van der Waals surface area contributed by atoms with E-state index in [2.05, 4.69) is 5.32 Å². The van der Waals surface area contributed by atoms with E-state index in [1.165, 1.54) is 11.3 Å². The predicted octanol–water partition coefficient (Wildman–Crippen LogP) is 2.19. The van der Waals surface area contributed by atoms with E-state index in [1.54, 1.807) is 0 Å². The summed E-state index contributed by atoms with van der Waals surface area (Å²) in [7, 11) is 0. The molecule has 0 fully saturated rings. The van der Waals surface area contributed by atoms with Gasteiger partial charge in [0.2, 0.25) is 0 Å². The summed E-state index contributed by atoms with van der Waals surface area (Å²) in [6, 6.07) is 3.88. The minimum atomic E-state index is -0.615. The Balaban J connectivity index is 2.72. The van der Waals surface area contributed by atoms with Gasteiger partial charge >= 0.3 is 0 Å². The molecular weight excluding hydrogens is 246 g/mol. The van der Waals surface area contributed by atoms with E-state index in [0.717, 1.165) is 9.21 Å². The molecule has 0 aromatic carbocycles. The molecule has 1 atom stereocenters. The Labute approximate surface area is 105 Å². The summed E-state index contributed by atoms with van der Waals surface area (Å²) in [6.07, 6.45) is 0.670. The molecule has 0 saturated heterocycles. The number of aliphatic hydroxyl groups excluding tert-OH is 2. The molecule has 0 bridgehead atoms.